The normalized spacial score (nSPS) is 15.4. The van der Waals surface area contributed by atoms with Gasteiger partial charge in [0.25, 0.3) is 0 Å². The van der Waals surface area contributed by atoms with Crippen molar-refractivity contribution >= 4 is 17.4 Å². The number of hydrogen-bond acceptors (Lipinski definition) is 5. The maximum absolute atomic E-state index is 12.1. The van der Waals surface area contributed by atoms with Gasteiger partial charge in [-0.2, -0.15) is 0 Å². The molecule has 2 N–H and O–H groups in total. The quantitative estimate of drug-likeness (QED) is 0.848. The highest BCUT2D eigenvalue weighted by Gasteiger charge is 2.12. The highest BCUT2D eigenvalue weighted by molar-refractivity contribution is 6.02. The van der Waals surface area contributed by atoms with Gasteiger partial charge in [-0.25, -0.2) is 10.5 Å². The van der Waals surface area contributed by atoms with E-state index in [9.17, 15) is 4.79 Å². The van der Waals surface area contributed by atoms with Crippen molar-refractivity contribution < 1.29 is 14.4 Å². The van der Waals surface area contributed by atoms with Gasteiger partial charge in [0.2, 0.25) is 5.91 Å². The lowest BCUT2D eigenvalue weighted by Gasteiger charge is -2.16. The first-order valence-corrected chi connectivity index (χ1v) is 7.42. The number of nitrogens with zero attached hydrogens (tertiary/aromatic N) is 1. The molecule has 24 heavy (non-hydrogen) atoms. The van der Waals surface area contributed by atoms with E-state index in [0.717, 1.165) is 11.3 Å². The van der Waals surface area contributed by atoms with Crippen molar-refractivity contribution in [2.75, 3.05) is 19.0 Å². The maximum Gasteiger partial charge on any atom is 0.250 e. The van der Waals surface area contributed by atoms with Crippen LogP contribution in [0.1, 0.15) is 5.56 Å². The molecule has 0 saturated heterocycles. The maximum atomic E-state index is 12.1. The van der Waals surface area contributed by atoms with Crippen molar-refractivity contribution in [3.8, 4) is 5.75 Å². The van der Waals surface area contributed by atoms with Crippen LogP contribution in [-0.4, -0.2) is 25.5 Å². The molecule has 0 radical (unpaired) electrons. The number of hydrogen-bond donors (Lipinski definition) is 2. The highest BCUT2D eigenvalue weighted by atomic mass is 16.6. The van der Waals surface area contributed by atoms with Gasteiger partial charge in [0.05, 0.1) is 12.8 Å². The molecule has 3 rings (SSSR count). The number of ether oxygens (including phenoxy) is 1. The predicted octanol–water partition coefficient (Wildman–Crippen LogP) is 2.50. The van der Waals surface area contributed by atoms with Gasteiger partial charge in [0.15, 0.2) is 5.84 Å². The van der Waals surface area contributed by atoms with Crippen LogP contribution in [0, 0.1) is 0 Å². The minimum atomic E-state index is -0.267. The average Bonchev–Trinajstić information content (AvgIpc) is 2.63. The fraction of sp³-hybridized carbons (Fsp3) is 0.111. The monoisotopic (exact) mass is 323 g/mol. The summed E-state index contributed by atoms with van der Waals surface area (Å²) in [6.45, 7) is 0.215. The smallest absolute Gasteiger partial charge is 0.250 e. The molecule has 2 aromatic carbocycles. The second-order valence-corrected chi connectivity index (χ2v) is 5.07. The SMILES string of the molecule is COc1ccc(NC(=O)/C=C2/CONC(c3ccccc3)=N2)cc1. The van der Waals surface area contributed by atoms with Crippen LogP contribution in [0.25, 0.3) is 0 Å². The first kappa shape index (κ1) is 15.8. The van der Waals surface area contributed by atoms with E-state index in [1.165, 1.54) is 6.08 Å². The largest absolute Gasteiger partial charge is 0.497 e. The van der Waals surface area contributed by atoms with Crippen LogP contribution in [0.3, 0.4) is 0 Å². The molecule has 0 saturated carbocycles. The number of nitrogens with one attached hydrogen (secondary N) is 2. The second-order valence-electron chi connectivity index (χ2n) is 5.07. The fourth-order valence-corrected chi connectivity index (χ4v) is 2.17. The Balaban J connectivity index is 1.71. The molecule has 2 aromatic rings. The molecule has 122 valence electrons. The summed E-state index contributed by atoms with van der Waals surface area (Å²) in [5.74, 6) is 1.04. The lowest BCUT2D eigenvalue weighted by atomic mass is 10.2. The molecule has 1 aliphatic heterocycles. The minimum absolute atomic E-state index is 0.215. The molecule has 6 heteroatoms. The molecular weight excluding hydrogens is 306 g/mol. The summed E-state index contributed by atoms with van der Waals surface area (Å²) in [6, 6.07) is 16.7. The van der Waals surface area contributed by atoms with Gasteiger partial charge in [-0.3, -0.25) is 9.63 Å². The van der Waals surface area contributed by atoms with Crippen LogP contribution in [0.5, 0.6) is 5.75 Å². The Kier molecular flexibility index (Phi) is 4.88. The van der Waals surface area contributed by atoms with Gasteiger partial charge in [-0.1, -0.05) is 30.3 Å². The molecule has 0 unspecified atom stereocenters. The van der Waals surface area contributed by atoms with Crippen molar-refractivity contribution in [2.45, 2.75) is 0 Å². The van der Waals surface area contributed by atoms with Crippen molar-refractivity contribution in [3.63, 3.8) is 0 Å². The summed E-state index contributed by atoms with van der Waals surface area (Å²) in [6.07, 6.45) is 1.42. The van der Waals surface area contributed by atoms with Gasteiger partial charge >= 0.3 is 0 Å². The van der Waals surface area contributed by atoms with Crippen LogP contribution in [0.4, 0.5) is 5.69 Å². The van der Waals surface area contributed by atoms with Crippen LogP contribution < -0.4 is 15.5 Å². The van der Waals surface area contributed by atoms with Crippen molar-refractivity contribution in [3.05, 3.63) is 71.9 Å². The number of benzene rings is 2. The summed E-state index contributed by atoms with van der Waals surface area (Å²) >= 11 is 0. The number of anilines is 1. The molecule has 1 heterocycles. The van der Waals surface area contributed by atoms with Gasteiger partial charge in [0, 0.05) is 17.3 Å². The summed E-state index contributed by atoms with van der Waals surface area (Å²) in [4.78, 5) is 21.8. The first-order chi connectivity index (χ1) is 11.7. The first-order valence-electron chi connectivity index (χ1n) is 7.42. The lowest BCUT2D eigenvalue weighted by molar-refractivity contribution is -0.112. The van der Waals surface area contributed by atoms with Gasteiger partial charge < -0.3 is 10.1 Å². The molecule has 0 fully saturated rings. The van der Waals surface area contributed by atoms with E-state index in [1.807, 2.05) is 30.3 Å². The molecule has 0 aliphatic carbocycles. The molecule has 0 atom stereocenters. The van der Waals surface area contributed by atoms with E-state index in [1.54, 1.807) is 31.4 Å². The number of hydroxylamine groups is 1. The van der Waals surface area contributed by atoms with Crippen LogP contribution in [-0.2, 0) is 9.63 Å². The van der Waals surface area contributed by atoms with Gasteiger partial charge in [-0.05, 0) is 24.3 Å². The average molecular weight is 323 g/mol. The number of carbonyl (C=O) groups excluding carboxylic acids is 1. The summed E-state index contributed by atoms with van der Waals surface area (Å²) in [5.41, 5.74) is 4.87. The number of amidine groups is 1. The zero-order chi connectivity index (χ0) is 16.8. The molecular formula is C18H17N3O3. The Hall–Kier alpha value is -3.12. The van der Waals surface area contributed by atoms with E-state index in [-0.39, 0.29) is 12.5 Å². The number of amides is 1. The Bertz CT molecular complexity index is 768. The number of aliphatic imine (C=N–C) groups is 1. The topological polar surface area (TPSA) is 72.0 Å². The minimum Gasteiger partial charge on any atom is -0.497 e. The Morgan fingerprint density at radius 2 is 1.96 bits per heavy atom. The Morgan fingerprint density at radius 3 is 2.67 bits per heavy atom. The summed E-state index contributed by atoms with van der Waals surface area (Å²) < 4.78 is 5.08. The van der Waals surface area contributed by atoms with Crippen molar-refractivity contribution in [2.24, 2.45) is 4.99 Å². The molecule has 0 bridgehead atoms. The standard InChI is InChI=1S/C18H17N3O3/c1-23-16-9-7-14(8-10-16)19-17(22)11-15-12-24-21-18(20-15)13-5-3-2-4-6-13/h2-11H,12H2,1H3,(H,19,22)(H,20,21)/b15-11-. The van der Waals surface area contributed by atoms with E-state index in [4.69, 9.17) is 9.57 Å². The van der Waals surface area contributed by atoms with Crippen LogP contribution in [0.2, 0.25) is 0 Å². The number of rotatable bonds is 4. The zero-order valence-electron chi connectivity index (χ0n) is 13.2. The molecule has 0 spiro atoms. The molecule has 0 aromatic heterocycles. The summed E-state index contributed by atoms with van der Waals surface area (Å²) in [7, 11) is 1.59. The summed E-state index contributed by atoms with van der Waals surface area (Å²) in [5, 5.41) is 2.78. The molecule has 1 amide bonds. The predicted molar refractivity (Wildman–Crippen MR) is 91.8 cm³/mol. The van der Waals surface area contributed by atoms with Gasteiger partial charge in [-0.15, -0.1) is 0 Å². The second kappa shape index (κ2) is 7.43. The van der Waals surface area contributed by atoms with E-state index in [2.05, 4.69) is 15.8 Å². The highest BCUT2D eigenvalue weighted by Crippen LogP contribution is 2.15. The third-order valence-corrected chi connectivity index (χ3v) is 3.35. The zero-order valence-corrected chi connectivity index (χ0v) is 13.2. The van der Waals surface area contributed by atoms with Crippen LogP contribution >= 0.6 is 0 Å². The third-order valence-electron chi connectivity index (χ3n) is 3.35. The van der Waals surface area contributed by atoms with Crippen molar-refractivity contribution in [1.29, 1.82) is 0 Å². The fourth-order valence-electron chi connectivity index (χ4n) is 2.17. The van der Waals surface area contributed by atoms with E-state index >= 15 is 0 Å². The van der Waals surface area contributed by atoms with Crippen molar-refractivity contribution in [1.82, 2.24) is 5.48 Å². The van der Waals surface area contributed by atoms with E-state index in [0.29, 0.717) is 17.2 Å². The van der Waals surface area contributed by atoms with E-state index < -0.39 is 0 Å². The molecule has 1 aliphatic rings. The Morgan fingerprint density at radius 1 is 1.21 bits per heavy atom. The van der Waals surface area contributed by atoms with Crippen LogP contribution in [0.15, 0.2) is 71.4 Å². The third kappa shape index (κ3) is 3.99. The Labute approximate surface area is 139 Å². The number of methoxy groups -OCH3 is 1. The molecule has 6 nitrogen and oxygen atoms in total. The lowest BCUT2D eigenvalue weighted by Crippen LogP contribution is -2.30. The number of carbonyl (C=O) groups is 1. The van der Waals surface area contributed by atoms with Gasteiger partial charge in [0.1, 0.15) is 12.4 Å².